The van der Waals surface area contributed by atoms with Crippen molar-refractivity contribution in [2.45, 2.75) is 168 Å². The summed E-state index contributed by atoms with van der Waals surface area (Å²) < 4.78 is 115. The summed E-state index contributed by atoms with van der Waals surface area (Å²) in [7, 11) is -14.2. The van der Waals surface area contributed by atoms with Gasteiger partial charge < -0.3 is 33.4 Å². The maximum Gasteiger partial charge on any atom is 1.00 e. The molecule has 0 heterocycles. The third-order valence-electron chi connectivity index (χ3n) is 8.04. The summed E-state index contributed by atoms with van der Waals surface area (Å²) in [6.45, 7) is 51.8. The quantitative estimate of drug-likeness (QED) is 0.0391. The van der Waals surface area contributed by atoms with Crippen LogP contribution in [0.15, 0.2) is 0 Å². The molecule has 46 heteroatoms. The van der Waals surface area contributed by atoms with Gasteiger partial charge in [-0.2, -0.15) is 0 Å². The third-order valence-corrected chi connectivity index (χ3v) is 40.5. The fourth-order valence-corrected chi connectivity index (χ4v) is 37.0. The van der Waals surface area contributed by atoms with E-state index < -0.39 is 101 Å². The summed E-state index contributed by atoms with van der Waals surface area (Å²) in [5.41, 5.74) is 0. The minimum Gasteiger partial charge on any atom is -1.00 e. The van der Waals surface area contributed by atoms with Crippen LogP contribution in [0.25, 0.3) is 12.3 Å². The minimum atomic E-state index is -3.22. The van der Waals surface area contributed by atoms with Gasteiger partial charge in [0.2, 0.25) is 0 Å². The SMILES string of the molecule is C.C.CCP(=O)(CC)NC.CCP(=O)(CC)NC.CCP(=O)(CC)NC.CCP(=O)(CC)N[Si](C)(C)C.C[Si](C)(C)NP(C)(=O)N[Si](C)(C)C.C[Si](C)(C)NP(C)(=O)N[Si](C)(C)C.O=P(Cl)(Cl)Cl.O=P(Cl)(Cl)Cl.O=P(Cl)(Cl)Cl.[H-].[H-].[Li+].[Li+].[Li+].[Li+].[NH2-].[NH2-]. The first-order valence-corrected chi connectivity index (χ1v) is 67.7. The van der Waals surface area contributed by atoms with Gasteiger partial charge in [-0.25, -0.2) is 0 Å². The molecular weight excluding hydrogens is 1510 g/mol. The predicted octanol–water partition coefficient (Wildman–Crippen LogP) is 12.0. The second kappa shape index (κ2) is 63.0. The summed E-state index contributed by atoms with van der Waals surface area (Å²) >= 11 is 41.5. The van der Waals surface area contributed by atoms with Crippen molar-refractivity contribution in [2.24, 2.45) is 0 Å². The second-order valence-electron chi connectivity index (χ2n) is 21.6. The van der Waals surface area contributed by atoms with Crippen molar-refractivity contribution in [3.05, 3.63) is 12.3 Å². The minimum absolute atomic E-state index is 0. The van der Waals surface area contributed by atoms with Crippen LogP contribution >= 0.6 is 161 Å². The molecule has 0 aromatic heterocycles. The zero-order valence-electron chi connectivity index (χ0n) is 58.4. The standard InChI is InChI=1S/2C7H23N2OPSi2.C7H20NOPSi.3C5H14NOP.2CH4.3Cl3OP.4Li.2H2N.2H/c2*1-11(10,8-12(2,3)4)9-13(5,6)7;1-6-10(9,7-2)8-11(3,4)5;3*1-4-8(7,5-2)6-3;;;3*1-5(2,3)4;;;;;;;;/h2*1-7H3,(H2,8,9,10);6-7H2,1-5H3,(H,8,9);3*4-5H2,1-3H3,(H,6,7);2*1H4;;;;;;;;2*1H2;;/q;;;;;;;;;;;4*+1;4*-1. The molecule has 19 nitrogen and oxygen atoms in total. The topological polar surface area (TPSA) is 317 Å². The van der Waals surface area contributed by atoms with Gasteiger partial charge in [0.05, 0.1) is 0 Å². The van der Waals surface area contributed by atoms with Crippen LogP contribution in [-0.4, -0.2) is 125 Å². The number of hydrogen-bond acceptors (Lipinski definition) is 9. The summed E-state index contributed by atoms with van der Waals surface area (Å²) in [6.07, 6.45) is 6.15. The Morgan fingerprint density at radius 1 is 0.286 bits per heavy atom. The molecule has 0 aromatic carbocycles. The maximum absolute atomic E-state index is 12.1. The van der Waals surface area contributed by atoms with Gasteiger partial charge in [-0.1, -0.05) is 168 Å². The van der Waals surface area contributed by atoms with E-state index in [1.807, 2.05) is 55.4 Å². The second-order valence-corrected chi connectivity index (χ2v) is 85.7. The van der Waals surface area contributed by atoms with Crippen molar-refractivity contribution < 1.29 is 119 Å². The van der Waals surface area contributed by atoms with Crippen LogP contribution in [0, 0.1) is 0 Å². The molecule has 0 aliphatic heterocycles. The van der Waals surface area contributed by atoms with Crippen molar-refractivity contribution in [2.75, 3.05) is 83.8 Å². The predicted molar refractivity (Wildman–Crippen MR) is 403 cm³/mol. The first-order chi connectivity index (χ1) is 32.7. The fraction of sp³-hybridized carbons (Fsp3) is 1.00. The van der Waals surface area contributed by atoms with E-state index in [9.17, 15) is 41.1 Å². The molecule has 510 valence electrons. The van der Waals surface area contributed by atoms with Crippen molar-refractivity contribution in [3.63, 3.8) is 0 Å². The Bertz CT molecular complexity index is 1730. The van der Waals surface area contributed by atoms with Crippen LogP contribution in [0.2, 0.25) is 98.2 Å². The van der Waals surface area contributed by atoms with E-state index in [2.05, 4.69) is 238 Å². The molecule has 0 unspecified atom stereocenters. The number of rotatable bonds is 21. The molecule has 0 rings (SSSR count). The zero-order valence-corrected chi connectivity index (χ0v) is 76.3. The molecule has 12 N–H and O–H groups in total. The number of halogens is 9. The average molecular weight is 1630 g/mol. The Labute approximate surface area is 617 Å². The first-order valence-electron chi connectivity index (χ1n) is 24.3. The van der Waals surface area contributed by atoms with E-state index in [0.717, 1.165) is 49.3 Å². The molecule has 0 saturated carbocycles. The van der Waals surface area contributed by atoms with Crippen LogP contribution in [0.1, 0.15) is 73.1 Å². The summed E-state index contributed by atoms with van der Waals surface area (Å²) in [6, 6.07) is 0. The maximum atomic E-state index is 12.1. The molecule has 0 radical (unpaired) electrons. The van der Waals surface area contributed by atoms with E-state index in [1.54, 1.807) is 34.5 Å². The van der Waals surface area contributed by atoms with Gasteiger partial charge in [-0.3, -0.25) is 61.9 Å². The fourth-order valence-electron chi connectivity index (χ4n) is 5.23. The Morgan fingerprint density at radius 2 is 0.381 bits per heavy atom. The van der Waals surface area contributed by atoms with Gasteiger partial charge in [-0.15, -0.1) is 0 Å². The van der Waals surface area contributed by atoms with Crippen molar-refractivity contribution in [3.8, 4) is 0 Å². The molecule has 0 bridgehead atoms. The normalized spacial score (nSPS) is 11.8. The number of nitrogens with two attached hydrogens (primary N) is 2. The number of hydrogen-bond donors (Lipinski definition) is 8. The molecule has 0 atom stereocenters. The van der Waals surface area contributed by atoms with Crippen LogP contribution in [0.3, 0.4) is 0 Å². The molecule has 0 aromatic rings. The van der Waals surface area contributed by atoms with E-state index in [1.165, 1.54) is 0 Å². The Kier molecular flexibility index (Phi) is 101. The molecule has 0 spiro atoms. The van der Waals surface area contributed by atoms with Crippen molar-refractivity contribution >= 4 is 202 Å². The van der Waals surface area contributed by atoms with Gasteiger partial charge in [0.25, 0.3) is 0 Å². The van der Waals surface area contributed by atoms with Crippen molar-refractivity contribution in [1.29, 1.82) is 0 Å². The van der Waals surface area contributed by atoms with Crippen LogP contribution in [0.4, 0.5) is 0 Å². The van der Waals surface area contributed by atoms with E-state index in [4.69, 9.17) is 0 Å². The molecular formula is C38H122Cl9Li4N10O9P9Si5. The molecule has 0 aliphatic rings. The average Bonchev–Trinajstić information content (AvgIpc) is 3.14. The molecule has 0 amide bonds. The Morgan fingerprint density at radius 3 is 0.417 bits per heavy atom. The largest absolute Gasteiger partial charge is 1.00 e. The Balaban J connectivity index is -0.0000000347. The van der Waals surface area contributed by atoms with Gasteiger partial charge in [0, 0.05) is 62.6 Å². The van der Waals surface area contributed by atoms with E-state index >= 15 is 0 Å². The first kappa shape index (κ1) is 135. The van der Waals surface area contributed by atoms with E-state index in [0.29, 0.717) is 0 Å². The van der Waals surface area contributed by atoms with Crippen LogP contribution < -0.4 is 114 Å². The Hall–Kier alpha value is 7.75. The van der Waals surface area contributed by atoms with Gasteiger partial charge in [0.1, 0.15) is 70.3 Å². The third kappa shape index (κ3) is 141. The summed E-state index contributed by atoms with van der Waals surface area (Å²) in [5.74, 6) is 0. The molecule has 0 fully saturated rings. The molecule has 84 heavy (non-hydrogen) atoms. The summed E-state index contributed by atoms with van der Waals surface area (Å²) in [5, 5.41) is -1.17. The van der Waals surface area contributed by atoms with Crippen LogP contribution in [0.5, 0.6) is 0 Å². The molecule has 0 saturated heterocycles. The van der Waals surface area contributed by atoms with Gasteiger partial charge >= 0.3 is 91.0 Å². The summed E-state index contributed by atoms with van der Waals surface area (Å²) in [4.78, 5) is 0. The van der Waals surface area contributed by atoms with Gasteiger partial charge in [-0.05, 0) is 122 Å². The van der Waals surface area contributed by atoms with Crippen molar-refractivity contribution in [1.82, 2.24) is 39.0 Å². The molecule has 0 aliphatic carbocycles. The monoisotopic (exact) mass is 1620 g/mol. The zero-order chi connectivity index (χ0) is 64.3. The van der Waals surface area contributed by atoms with Gasteiger partial charge in [0.15, 0.2) is 14.9 Å². The van der Waals surface area contributed by atoms with Crippen LogP contribution in [-0.2, 0) is 41.1 Å². The van der Waals surface area contributed by atoms with E-state index in [-0.39, 0.29) is 105 Å². The smallest absolute Gasteiger partial charge is 1.00 e. The number of nitrogens with one attached hydrogen (secondary N) is 8.